The molecule has 0 saturated carbocycles. The first kappa shape index (κ1) is 12.0. The Balaban J connectivity index is 2.10. The summed E-state index contributed by atoms with van der Waals surface area (Å²) in [5.41, 5.74) is 0.839. The lowest BCUT2D eigenvalue weighted by Gasteiger charge is -1.98. The van der Waals surface area contributed by atoms with Crippen molar-refractivity contribution >= 4 is 11.8 Å². The van der Waals surface area contributed by atoms with Crippen LogP contribution in [0.2, 0.25) is 0 Å². The minimum absolute atomic E-state index is 0.0237. The van der Waals surface area contributed by atoms with E-state index in [-0.39, 0.29) is 23.7 Å². The van der Waals surface area contributed by atoms with E-state index < -0.39 is 5.97 Å². The van der Waals surface area contributed by atoms with E-state index in [4.69, 9.17) is 4.42 Å². The first-order chi connectivity index (χ1) is 8.70. The Morgan fingerprint density at radius 1 is 1.17 bits per heavy atom. The minimum atomic E-state index is -0.599. The summed E-state index contributed by atoms with van der Waals surface area (Å²) in [6, 6.07) is 6.39. The van der Waals surface area contributed by atoms with Gasteiger partial charge in [-0.05, 0) is 29.8 Å². The van der Waals surface area contributed by atoms with Crippen molar-refractivity contribution in [1.82, 2.24) is 4.98 Å². The topological polar surface area (TPSA) is 69.4 Å². The average molecular weight is 245 g/mol. The molecule has 0 spiro atoms. The molecule has 2 aromatic rings. The molecule has 18 heavy (non-hydrogen) atoms. The monoisotopic (exact) mass is 245 g/mol. The normalized spacial score (nSPS) is 10.1. The summed E-state index contributed by atoms with van der Waals surface area (Å²) in [4.78, 5) is 26.9. The van der Waals surface area contributed by atoms with Gasteiger partial charge in [-0.25, -0.2) is 4.79 Å². The molecule has 0 N–H and O–H groups in total. The molecule has 0 unspecified atom stereocenters. The Kier molecular flexibility index (Phi) is 3.52. The summed E-state index contributed by atoms with van der Waals surface area (Å²) in [5, 5.41) is 0. The zero-order valence-electron chi connectivity index (χ0n) is 9.75. The second kappa shape index (κ2) is 5.27. The van der Waals surface area contributed by atoms with Crippen LogP contribution in [0.15, 0.2) is 41.1 Å². The molecule has 0 amide bonds. The first-order valence-electron chi connectivity index (χ1n) is 5.31. The number of methoxy groups -OCH3 is 1. The van der Waals surface area contributed by atoms with Gasteiger partial charge in [0.2, 0.25) is 11.5 Å². The fourth-order valence-electron chi connectivity index (χ4n) is 1.47. The fourth-order valence-corrected chi connectivity index (χ4v) is 1.47. The van der Waals surface area contributed by atoms with Crippen molar-refractivity contribution in [2.45, 2.75) is 6.42 Å². The number of esters is 1. The summed E-state index contributed by atoms with van der Waals surface area (Å²) in [7, 11) is 1.25. The van der Waals surface area contributed by atoms with Gasteiger partial charge in [-0.2, -0.15) is 0 Å². The highest BCUT2D eigenvalue weighted by atomic mass is 16.5. The number of Topliss-reactive ketones (excluding diaryl/α,β-unsaturated/α-hetero) is 1. The number of ketones is 1. The predicted molar refractivity (Wildman–Crippen MR) is 62.3 cm³/mol. The Labute approximate surface area is 103 Å². The summed E-state index contributed by atoms with van der Waals surface area (Å²) < 4.78 is 9.63. The smallest absolute Gasteiger partial charge is 0.373 e. The van der Waals surface area contributed by atoms with E-state index in [0.717, 1.165) is 5.56 Å². The summed E-state index contributed by atoms with van der Waals surface area (Å²) in [6.07, 6.45) is 3.44. The highest BCUT2D eigenvalue weighted by Gasteiger charge is 2.16. The van der Waals surface area contributed by atoms with Gasteiger partial charge in [0.1, 0.15) is 0 Å². The molecule has 92 valence electrons. The number of furan rings is 1. The third kappa shape index (κ3) is 2.63. The molecular weight excluding hydrogens is 234 g/mol. The Hall–Kier alpha value is -2.43. The molecule has 0 aliphatic carbocycles. The lowest BCUT2D eigenvalue weighted by molar-refractivity contribution is 0.0563. The molecule has 2 rings (SSSR count). The van der Waals surface area contributed by atoms with Gasteiger partial charge < -0.3 is 9.15 Å². The van der Waals surface area contributed by atoms with Crippen LogP contribution in [0.5, 0.6) is 0 Å². The van der Waals surface area contributed by atoms with Crippen LogP contribution in [0.4, 0.5) is 0 Å². The molecule has 2 heterocycles. The number of rotatable bonds is 4. The maximum absolute atomic E-state index is 11.9. The Bertz CT molecular complexity index is 559. The molecular formula is C13H11NO4. The number of hydrogen-bond donors (Lipinski definition) is 0. The van der Waals surface area contributed by atoms with Crippen molar-refractivity contribution in [3.05, 3.63) is 53.7 Å². The predicted octanol–water partition coefficient (Wildman–Crippen LogP) is 1.89. The molecule has 0 radical (unpaired) electrons. The van der Waals surface area contributed by atoms with Gasteiger partial charge in [-0.3, -0.25) is 9.78 Å². The van der Waals surface area contributed by atoms with Gasteiger partial charge in [0, 0.05) is 18.8 Å². The maximum Gasteiger partial charge on any atom is 0.373 e. The van der Waals surface area contributed by atoms with Crippen molar-refractivity contribution in [3.63, 3.8) is 0 Å². The van der Waals surface area contributed by atoms with Crippen LogP contribution < -0.4 is 0 Å². The fraction of sp³-hybridized carbons (Fsp3) is 0.154. The van der Waals surface area contributed by atoms with E-state index in [1.54, 1.807) is 24.5 Å². The number of carbonyl (C=O) groups excluding carboxylic acids is 2. The molecule has 0 fully saturated rings. The maximum atomic E-state index is 11.9. The lowest BCUT2D eigenvalue weighted by atomic mass is 10.1. The SMILES string of the molecule is COC(=O)c1ccc(C(=O)Cc2ccncc2)o1. The van der Waals surface area contributed by atoms with Crippen LogP contribution >= 0.6 is 0 Å². The number of pyridine rings is 1. The molecule has 0 aromatic carbocycles. The largest absolute Gasteiger partial charge is 0.463 e. The van der Waals surface area contributed by atoms with Crippen LogP contribution in [0.3, 0.4) is 0 Å². The lowest BCUT2D eigenvalue weighted by Crippen LogP contribution is -2.03. The molecule has 0 atom stereocenters. The van der Waals surface area contributed by atoms with Gasteiger partial charge in [0.25, 0.3) is 0 Å². The third-order valence-electron chi connectivity index (χ3n) is 2.38. The van der Waals surface area contributed by atoms with Gasteiger partial charge in [-0.1, -0.05) is 0 Å². The summed E-state index contributed by atoms with van der Waals surface area (Å²) >= 11 is 0. The number of carbonyl (C=O) groups is 2. The molecule has 5 nitrogen and oxygen atoms in total. The minimum Gasteiger partial charge on any atom is -0.463 e. The van der Waals surface area contributed by atoms with Gasteiger partial charge >= 0.3 is 5.97 Å². The van der Waals surface area contributed by atoms with Crippen molar-refractivity contribution in [3.8, 4) is 0 Å². The van der Waals surface area contributed by atoms with Crippen molar-refractivity contribution in [2.75, 3.05) is 7.11 Å². The zero-order valence-corrected chi connectivity index (χ0v) is 9.75. The van der Waals surface area contributed by atoms with Crippen molar-refractivity contribution < 1.29 is 18.7 Å². The zero-order chi connectivity index (χ0) is 13.0. The third-order valence-corrected chi connectivity index (χ3v) is 2.38. The molecule has 0 aliphatic rings. The summed E-state index contributed by atoms with van der Waals surface area (Å²) in [5.74, 6) is -0.628. The van der Waals surface area contributed by atoms with Crippen LogP contribution in [0.25, 0.3) is 0 Å². The second-order valence-corrected chi connectivity index (χ2v) is 3.61. The average Bonchev–Trinajstić information content (AvgIpc) is 2.88. The summed E-state index contributed by atoms with van der Waals surface area (Å²) in [6.45, 7) is 0. The Morgan fingerprint density at radius 2 is 1.83 bits per heavy atom. The number of hydrogen-bond acceptors (Lipinski definition) is 5. The van der Waals surface area contributed by atoms with E-state index in [0.29, 0.717) is 0 Å². The van der Waals surface area contributed by atoms with E-state index >= 15 is 0 Å². The van der Waals surface area contributed by atoms with Crippen LogP contribution in [-0.4, -0.2) is 23.8 Å². The van der Waals surface area contributed by atoms with E-state index in [1.165, 1.54) is 19.2 Å². The highest BCUT2D eigenvalue weighted by molar-refractivity contribution is 5.96. The number of nitrogens with zero attached hydrogens (tertiary/aromatic N) is 1. The van der Waals surface area contributed by atoms with Crippen molar-refractivity contribution in [2.24, 2.45) is 0 Å². The number of aromatic nitrogens is 1. The molecule has 2 aromatic heterocycles. The highest BCUT2D eigenvalue weighted by Crippen LogP contribution is 2.12. The number of ether oxygens (including phenoxy) is 1. The molecule has 0 bridgehead atoms. The van der Waals surface area contributed by atoms with E-state index in [2.05, 4.69) is 9.72 Å². The van der Waals surface area contributed by atoms with E-state index in [1.807, 2.05) is 0 Å². The van der Waals surface area contributed by atoms with Gasteiger partial charge in [-0.15, -0.1) is 0 Å². The quantitative estimate of drug-likeness (QED) is 0.607. The molecule has 0 saturated heterocycles. The molecule has 0 aliphatic heterocycles. The van der Waals surface area contributed by atoms with Gasteiger partial charge in [0.05, 0.1) is 7.11 Å². The van der Waals surface area contributed by atoms with Crippen LogP contribution in [-0.2, 0) is 11.2 Å². The van der Waals surface area contributed by atoms with Crippen molar-refractivity contribution in [1.29, 1.82) is 0 Å². The molecule has 5 heteroatoms. The second-order valence-electron chi connectivity index (χ2n) is 3.61. The van der Waals surface area contributed by atoms with Crippen LogP contribution in [0, 0.1) is 0 Å². The van der Waals surface area contributed by atoms with Crippen LogP contribution in [0.1, 0.15) is 26.7 Å². The standard InChI is InChI=1S/C13H11NO4/c1-17-13(16)12-3-2-11(18-12)10(15)8-9-4-6-14-7-5-9/h2-7H,8H2,1H3. The first-order valence-corrected chi connectivity index (χ1v) is 5.31. The Morgan fingerprint density at radius 3 is 2.50 bits per heavy atom. The van der Waals surface area contributed by atoms with E-state index in [9.17, 15) is 9.59 Å². The van der Waals surface area contributed by atoms with Gasteiger partial charge in [0.15, 0.2) is 5.76 Å².